The second-order valence-corrected chi connectivity index (χ2v) is 6.20. The molecule has 2 aliphatic heterocycles. The van der Waals surface area contributed by atoms with Crippen LogP contribution in [0.15, 0.2) is 0 Å². The number of amides is 1. The minimum absolute atomic E-state index is 0.210. The molecule has 2 rings (SSSR count). The fourth-order valence-corrected chi connectivity index (χ4v) is 3.45. The molecule has 6 heteroatoms. The maximum Gasteiger partial charge on any atom is 0.236 e. The van der Waals surface area contributed by atoms with E-state index in [9.17, 15) is 4.79 Å². The molecule has 1 amide bonds. The SMILES string of the molecule is CCC(C(N)=S)N1CCN(CC(=O)N2CCCC2)CC1. The molecule has 0 aromatic rings. The van der Waals surface area contributed by atoms with Crippen molar-refractivity contribution in [2.45, 2.75) is 32.2 Å². The van der Waals surface area contributed by atoms with Crippen LogP contribution in [0.2, 0.25) is 0 Å². The number of thiocarbonyl (C=S) groups is 1. The standard InChI is InChI=1S/C14H26N4OS/c1-2-12(14(15)20)17-9-7-16(8-10-17)11-13(19)18-5-3-4-6-18/h12H,2-11H2,1H3,(H2,15,20). The summed E-state index contributed by atoms with van der Waals surface area (Å²) < 4.78 is 0. The lowest BCUT2D eigenvalue weighted by Gasteiger charge is -2.38. The van der Waals surface area contributed by atoms with Gasteiger partial charge in [0, 0.05) is 39.3 Å². The van der Waals surface area contributed by atoms with Crippen molar-refractivity contribution in [3.8, 4) is 0 Å². The summed E-state index contributed by atoms with van der Waals surface area (Å²) in [6.45, 7) is 8.32. The van der Waals surface area contributed by atoms with E-state index in [0.29, 0.717) is 11.5 Å². The average molecular weight is 298 g/mol. The van der Waals surface area contributed by atoms with Crippen LogP contribution in [0.3, 0.4) is 0 Å². The maximum atomic E-state index is 12.1. The molecule has 2 saturated heterocycles. The van der Waals surface area contributed by atoms with Gasteiger partial charge in [-0.25, -0.2) is 0 Å². The predicted octanol–water partition coefficient (Wildman–Crippen LogP) is 0.291. The monoisotopic (exact) mass is 298 g/mol. The second-order valence-electron chi connectivity index (χ2n) is 5.73. The first-order valence-electron chi connectivity index (χ1n) is 7.65. The van der Waals surface area contributed by atoms with E-state index in [-0.39, 0.29) is 11.9 Å². The number of hydrogen-bond donors (Lipinski definition) is 1. The number of piperazine rings is 1. The number of nitrogens with two attached hydrogens (primary N) is 1. The number of hydrogen-bond acceptors (Lipinski definition) is 4. The Labute approximate surface area is 127 Å². The summed E-state index contributed by atoms with van der Waals surface area (Å²) in [5.41, 5.74) is 5.79. The van der Waals surface area contributed by atoms with Gasteiger partial charge in [0.2, 0.25) is 5.91 Å². The normalized spacial score (nSPS) is 22.9. The van der Waals surface area contributed by atoms with E-state index in [4.69, 9.17) is 18.0 Å². The predicted molar refractivity (Wildman–Crippen MR) is 84.7 cm³/mol. The summed E-state index contributed by atoms with van der Waals surface area (Å²) >= 11 is 5.13. The number of carbonyl (C=O) groups is 1. The Morgan fingerprint density at radius 1 is 1.15 bits per heavy atom. The van der Waals surface area contributed by atoms with Crippen LogP contribution in [-0.4, -0.2) is 77.5 Å². The van der Waals surface area contributed by atoms with Gasteiger partial charge in [0.05, 0.1) is 17.6 Å². The van der Waals surface area contributed by atoms with Crippen molar-refractivity contribution in [2.75, 3.05) is 45.8 Å². The molecule has 5 nitrogen and oxygen atoms in total. The summed E-state index contributed by atoms with van der Waals surface area (Å²) in [6, 6.07) is 0.210. The first-order chi connectivity index (χ1) is 9.61. The summed E-state index contributed by atoms with van der Waals surface area (Å²) in [7, 11) is 0. The zero-order chi connectivity index (χ0) is 14.5. The fraction of sp³-hybridized carbons (Fsp3) is 0.857. The van der Waals surface area contributed by atoms with Gasteiger partial charge in [0.1, 0.15) is 0 Å². The highest BCUT2D eigenvalue weighted by atomic mass is 32.1. The summed E-state index contributed by atoms with van der Waals surface area (Å²) in [6.07, 6.45) is 3.28. The molecule has 20 heavy (non-hydrogen) atoms. The van der Waals surface area contributed by atoms with Crippen molar-refractivity contribution in [1.82, 2.24) is 14.7 Å². The third-order valence-corrected chi connectivity index (χ3v) is 4.65. The van der Waals surface area contributed by atoms with Crippen LogP contribution in [0.1, 0.15) is 26.2 Å². The first kappa shape index (κ1) is 15.7. The molecular weight excluding hydrogens is 272 g/mol. The molecule has 114 valence electrons. The molecule has 0 spiro atoms. The number of carbonyl (C=O) groups excluding carboxylic acids is 1. The van der Waals surface area contributed by atoms with Gasteiger partial charge in [-0.15, -0.1) is 0 Å². The molecule has 1 atom stereocenters. The van der Waals surface area contributed by atoms with Crippen molar-refractivity contribution in [3.05, 3.63) is 0 Å². The van der Waals surface area contributed by atoms with Gasteiger partial charge in [0.25, 0.3) is 0 Å². The number of nitrogens with zero attached hydrogens (tertiary/aromatic N) is 3. The highest BCUT2D eigenvalue weighted by molar-refractivity contribution is 7.80. The summed E-state index contributed by atoms with van der Waals surface area (Å²) in [5, 5.41) is 0. The number of likely N-dealkylation sites (tertiary alicyclic amines) is 1. The topological polar surface area (TPSA) is 52.8 Å². The molecule has 2 N–H and O–H groups in total. The molecule has 0 saturated carbocycles. The van der Waals surface area contributed by atoms with Crippen molar-refractivity contribution in [1.29, 1.82) is 0 Å². The van der Waals surface area contributed by atoms with Crippen LogP contribution in [0.25, 0.3) is 0 Å². The van der Waals surface area contributed by atoms with Gasteiger partial charge in [-0.05, 0) is 19.3 Å². The smallest absolute Gasteiger partial charge is 0.236 e. The van der Waals surface area contributed by atoms with Crippen molar-refractivity contribution >= 4 is 23.1 Å². The van der Waals surface area contributed by atoms with Crippen molar-refractivity contribution in [2.24, 2.45) is 5.73 Å². The molecule has 0 aliphatic carbocycles. The highest BCUT2D eigenvalue weighted by Crippen LogP contribution is 2.12. The van der Waals surface area contributed by atoms with E-state index in [1.54, 1.807) is 0 Å². The Hall–Kier alpha value is -0.720. The van der Waals surface area contributed by atoms with Crippen LogP contribution in [0, 0.1) is 0 Å². The van der Waals surface area contributed by atoms with Crippen LogP contribution in [0.5, 0.6) is 0 Å². The van der Waals surface area contributed by atoms with E-state index in [1.165, 1.54) is 0 Å². The van der Waals surface area contributed by atoms with E-state index < -0.39 is 0 Å². The Morgan fingerprint density at radius 2 is 1.75 bits per heavy atom. The van der Waals surface area contributed by atoms with Crippen molar-refractivity contribution in [3.63, 3.8) is 0 Å². The van der Waals surface area contributed by atoms with E-state index in [2.05, 4.69) is 16.7 Å². The molecule has 0 bridgehead atoms. The lowest BCUT2D eigenvalue weighted by atomic mass is 10.1. The third kappa shape index (κ3) is 3.90. The van der Waals surface area contributed by atoms with Gasteiger partial charge >= 0.3 is 0 Å². The minimum atomic E-state index is 0.210. The van der Waals surface area contributed by atoms with Gasteiger partial charge in [0.15, 0.2) is 0 Å². The van der Waals surface area contributed by atoms with Crippen LogP contribution in [-0.2, 0) is 4.79 Å². The minimum Gasteiger partial charge on any atom is -0.392 e. The number of rotatable bonds is 5. The van der Waals surface area contributed by atoms with Crippen LogP contribution >= 0.6 is 12.2 Å². The third-order valence-electron chi connectivity index (χ3n) is 4.38. The lowest BCUT2D eigenvalue weighted by molar-refractivity contribution is -0.131. The summed E-state index contributed by atoms with van der Waals surface area (Å²) in [4.78, 5) is 19.3. The molecule has 2 aliphatic rings. The average Bonchev–Trinajstić information content (AvgIpc) is 2.95. The lowest BCUT2D eigenvalue weighted by Crippen LogP contribution is -2.55. The second kappa shape index (κ2) is 7.33. The molecule has 0 aromatic carbocycles. The van der Waals surface area contributed by atoms with Gasteiger partial charge in [-0.3, -0.25) is 14.6 Å². The molecule has 0 radical (unpaired) electrons. The highest BCUT2D eigenvalue weighted by Gasteiger charge is 2.26. The molecular formula is C14H26N4OS. The van der Waals surface area contributed by atoms with Crippen molar-refractivity contribution < 1.29 is 4.79 Å². The fourth-order valence-electron chi connectivity index (χ4n) is 3.13. The first-order valence-corrected chi connectivity index (χ1v) is 8.06. The summed E-state index contributed by atoms with van der Waals surface area (Å²) in [5.74, 6) is 0.289. The molecule has 1 unspecified atom stereocenters. The zero-order valence-corrected chi connectivity index (χ0v) is 13.2. The Balaban J connectivity index is 1.76. The van der Waals surface area contributed by atoms with Gasteiger partial charge in [-0.2, -0.15) is 0 Å². The van der Waals surface area contributed by atoms with E-state index in [0.717, 1.165) is 58.5 Å². The molecule has 0 aromatic heterocycles. The van der Waals surface area contributed by atoms with Gasteiger partial charge < -0.3 is 10.6 Å². The molecule has 2 heterocycles. The Morgan fingerprint density at radius 3 is 2.25 bits per heavy atom. The Kier molecular flexibility index (Phi) is 5.74. The van der Waals surface area contributed by atoms with Crippen LogP contribution in [0.4, 0.5) is 0 Å². The van der Waals surface area contributed by atoms with Gasteiger partial charge in [-0.1, -0.05) is 19.1 Å². The van der Waals surface area contributed by atoms with E-state index >= 15 is 0 Å². The zero-order valence-electron chi connectivity index (χ0n) is 12.4. The molecule has 2 fully saturated rings. The van der Waals surface area contributed by atoms with E-state index in [1.807, 2.05) is 4.90 Å². The Bertz CT molecular complexity index is 349. The van der Waals surface area contributed by atoms with Crippen LogP contribution < -0.4 is 5.73 Å². The quantitative estimate of drug-likeness (QED) is 0.740. The maximum absolute atomic E-state index is 12.1. The largest absolute Gasteiger partial charge is 0.392 e.